The van der Waals surface area contributed by atoms with Crippen molar-refractivity contribution in [1.82, 2.24) is 19.5 Å². The van der Waals surface area contributed by atoms with Crippen LogP contribution >= 0.6 is 0 Å². The van der Waals surface area contributed by atoms with E-state index < -0.39 is 16.1 Å². The summed E-state index contributed by atoms with van der Waals surface area (Å²) in [5.41, 5.74) is 4.49. The van der Waals surface area contributed by atoms with Crippen molar-refractivity contribution in [3.05, 3.63) is 303 Å². The Morgan fingerprint density at radius 1 is 0.364 bits per heavy atom. The van der Waals surface area contributed by atoms with Gasteiger partial charge in [0.25, 0.3) is 0 Å². The zero-order valence-electron chi connectivity index (χ0n) is 45.7. The van der Waals surface area contributed by atoms with Crippen molar-refractivity contribution in [2.45, 2.75) is 0 Å². The highest BCUT2D eigenvalue weighted by molar-refractivity contribution is 7.20. The highest BCUT2D eigenvalue weighted by Gasteiger charge is 2.43. The van der Waals surface area contributed by atoms with Crippen molar-refractivity contribution in [2.75, 3.05) is 0 Å². The fourth-order valence-electron chi connectivity index (χ4n) is 11.5. The van der Waals surface area contributed by atoms with Gasteiger partial charge in [-0.3, -0.25) is 0 Å². The van der Waals surface area contributed by atoms with Gasteiger partial charge < -0.3 is 4.57 Å². The molecule has 0 saturated heterocycles. The van der Waals surface area contributed by atoms with Gasteiger partial charge in [-0.1, -0.05) is 261 Å². The minimum Gasteiger partial charge on any atom is -0.309 e. The van der Waals surface area contributed by atoms with E-state index in [1.54, 1.807) is 0 Å². The van der Waals surface area contributed by atoms with Gasteiger partial charge in [0, 0.05) is 27.5 Å². The van der Waals surface area contributed by atoms with Crippen LogP contribution < -0.4 is 41.5 Å². The maximum Gasteiger partial charge on any atom is 0.179 e. The van der Waals surface area contributed by atoms with Gasteiger partial charge in [0.05, 0.1) is 33.8 Å². The van der Waals surface area contributed by atoms with Gasteiger partial charge in [0.1, 0.15) is 0 Å². The van der Waals surface area contributed by atoms with Crippen LogP contribution in [0.15, 0.2) is 297 Å². The Bertz CT molecular complexity index is 4330. The molecule has 0 saturated carbocycles. The quantitative estimate of drug-likeness (QED) is 0.0903. The van der Waals surface area contributed by atoms with Gasteiger partial charge in [0.15, 0.2) is 33.6 Å². The molecule has 0 fully saturated rings. The molecule has 0 radical (unpaired) electrons. The molecule has 0 aliphatic carbocycles. The van der Waals surface area contributed by atoms with Crippen LogP contribution in [0.4, 0.5) is 0 Å². The summed E-state index contributed by atoms with van der Waals surface area (Å²) in [7, 11) is -6.74. The molecule has 13 rings (SSSR count). The molecule has 0 atom stereocenters. The second kappa shape index (κ2) is 20.1. The number of hydrogen-bond acceptors (Lipinski definition) is 4. The number of benzene rings is 11. The molecule has 0 N–H and O–H groups in total. The third-order valence-electron chi connectivity index (χ3n) is 14.8. The van der Waals surface area contributed by atoms with Crippen molar-refractivity contribution < 1.29 is 5.48 Å². The molecule has 0 spiro atoms. The van der Waals surface area contributed by atoms with Crippen molar-refractivity contribution in [3.8, 4) is 45.9 Å². The summed E-state index contributed by atoms with van der Waals surface area (Å²) in [6.45, 7) is 0. The van der Waals surface area contributed by atoms with Crippen LogP contribution in [0.1, 0.15) is 11.0 Å². The Morgan fingerprint density at radius 2 is 0.805 bits per heavy atom. The van der Waals surface area contributed by atoms with E-state index in [0.717, 1.165) is 48.2 Å². The SMILES string of the molecule is [2H]c1c([2H])c(-c2nc(-c3cccc([Si](c4ccccc4)(c4ccccc4)c4ccccc4)c3)nc(-c3ccccc3-n3c4ccccc4c4cc(C#N)ccc43)n2)c([2H])c([Si](c2ccccc2)(c2ccccc2)c2ccccc2)c1[2H]. The molecule has 5 nitrogen and oxygen atoms in total. The second-order valence-corrected chi connectivity index (χ2v) is 26.6. The molecular formula is C70H49N5Si2. The first-order chi connectivity index (χ1) is 39.8. The smallest absolute Gasteiger partial charge is 0.179 e. The van der Waals surface area contributed by atoms with E-state index in [1.807, 2.05) is 115 Å². The molecule has 11 aromatic carbocycles. The van der Waals surface area contributed by atoms with E-state index in [1.165, 1.54) is 15.6 Å². The molecule has 2 heterocycles. The lowest BCUT2D eigenvalue weighted by atomic mass is 10.1. The molecule has 0 aliphatic rings. The molecular weight excluding hydrogens is 967 g/mol. The Kier molecular flexibility index (Phi) is 11.1. The Hall–Kier alpha value is -9.85. The summed E-state index contributed by atoms with van der Waals surface area (Å²) in [5.74, 6) is 0.632. The van der Waals surface area contributed by atoms with Crippen LogP contribution in [0.5, 0.6) is 0 Å². The van der Waals surface area contributed by atoms with E-state index in [-0.39, 0.29) is 41.4 Å². The van der Waals surface area contributed by atoms with Crippen molar-refractivity contribution in [2.24, 2.45) is 0 Å². The predicted molar refractivity (Wildman–Crippen MR) is 322 cm³/mol. The molecule has 77 heavy (non-hydrogen) atoms. The number of aromatic nitrogens is 4. The van der Waals surface area contributed by atoms with E-state index in [0.29, 0.717) is 27.7 Å². The maximum atomic E-state index is 10.7. The van der Waals surface area contributed by atoms with Gasteiger partial charge in [-0.2, -0.15) is 5.26 Å². The Balaban J connectivity index is 1.13. The summed E-state index contributed by atoms with van der Waals surface area (Å²) < 4.78 is 42.6. The number of rotatable bonds is 12. The predicted octanol–water partition coefficient (Wildman–Crippen LogP) is 10.6. The van der Waals surface area contributed by atoms with Gasteiger partial charge in [-0.05, 0) is 77.9 Å². The lowest BCUT2D eigenvalue weighted by Crippen LogP contribution is -2.74. The summed E-state index contributed by atoms with van der Waals surface area (Å²) in [6, 6.07) is 94.0. The van der Waals surface area contributed by atoms with Crippen LogP contribution in [-0.4, -0.2) is 35.7 Å². The summed E-state index contributed by atoms with van der Waals surface area (Å²) in [4.78, 5) is 16.2. The Morgan fingerprint density at radius 3 is 1.35 bits per heavy atom. The van der Waals surface area contributed by atoms with Crippen molar-refractivity contribution in [1.29, 1.82) is 5.26 Å². The number of para-hydroxylation sites is 2. The monoisotopic (exact) mass is 1020 g/mol. The Labute approximate surface area is 456 Å². The lowest BCUT2D eigenvalue weighted by molar-refractivity contribution is 1.06. The van der Waals surface area contributed by atoms with Crippen LogP contribution in [-0.2, 0) is 0 Å². The van der Waals surface area contributed by atoms with Crippen LogP contribution in [0.25, 0.3) is 61.7 Å². The second-order valence-electron chi connectivity index (χ2n) is 19.0. The first-order valence-corrected chi connectivity index (χ1v) is 29.7. The minimum atomic E-state index is -3.66. The highest BCUT2D eigenvalue weighted by Crippen LogP contribution is 2.37. The molecule has 0 bridgehead atoms. The van der Waals surface area contributed by atoms with Crippen molar-refractivity contribution in [3.63, 3.8) is 0 Å². The topological polar surface area (TPSA) is 67.4 Å². The van der Waals surface area contributed by atoms with Gasteiger partial charge in [-0.25, -0.2) is 15.0 Å². The van der Waals surface area contributed by atoms with E-state index in [9.17, 15) is 10.7 Å². The molecule has 13 aromatic rings. The van der Waals surface area contributed by atoms with Crippen LogP contribution in [0.2, 0.25) is 0 Å². The van der Waals surface area contributed by atoms with E-state index >= 15 is 0 Å². The summed E-state index contributed by atoms with van der Waals surface area (Å²) >= 11 is 0. The fourth-order valence-corrected chi connectivity index (χ4v) is 20.8. The van der Waals surface area contributed by atoms with Gasteiger partial charge in [-0.15, -0.1) is 0 Å². The standard InChI is InChI=1S/C70H49N5Si2/c71-50-51-45-46-67-64(47-51)62-41-19-21-43-65(62)75(67)66-44-22-20-42-63(66)70-73-68(52-25-23-39-60(48-52)76(54-27-7-1-8-28-54,55-29-9-2-10-30-55)56-31-11-3-12-32-56)72-69(74-70)53-26-24-40-61(49-53)77(57-33-13-4-14-34-57,58-35-15-5-16-36-58)59-37-17-6-18-38-59/h1-49H/i23D,25D,39D,48D. The van der Waals surface area contributed by atoms with Crippen LogP contribution in [0, 0.1) is 11.3 Å². The van der Waals surface area contributed by atoms with Gasteiger partial charge >= 0.3 is 0 Å². The average Bonchev–Trinajstić information content (AvgIpc) is 4.00. The average molecular weight is 1020 g/mol. The molecule has 0 unspecified atom stereocenters. The minimum absolute atomic E-state index is 0.0340. The normalized spacial score (nSPS) is 12.4. The lowest BCUT2D eigenvalue weighted by Gasteiger charge is -2.34. The maximum absolute atomic E-state index is 10.7. The van der Waals surface area contributed by atoms with Crippen molar-refractivity contribution >= 4 is 79.4 Å². The third kappa shape index (κ3) is 8.12. The summed E-state index contributed by atoms with van der Waals surface area (Å²) in [5, 5.41) is 19.8. The first kappa shape index (κ1) is 42.5. The molecule has 0 aliphatic heterocycles. The zero-order chi connectivity index (χ0) is 55.1. The number of fused-ring (bicyclic) bond motifs is 3. The summed E-state index contributed by atoms with van der Waals surface area (Å²) in [6.07, 6.45) is 0. The number of nitriles is 1. The largest absolute Gasteiger partial charge is 0.309 e. The number of nitrogens with zero attached hydrogens (tertiary/aromatic N) is 5. The molecule has 362 valence electrons. The third-order valence-corrected chi connectivity index (χ3v) is 24.2. The van der Waals surface area contributed by atoms with E-state index in [2.05, 4.69) is 168 Å². The fraction of sp³-hybridized carbons (Fsp3) is 0. The van der Waals surface area contributed by atoms with E-state index in [4.69, 9.17) is 15.0 Å². The molecule has 2 aromatic heterocycles. The van der Waals surface area contributed by atoms with Crippen LogP contribution in [0.3, 0.4) is 0 Å². The molecule has 0 amide bonds. The molecule has 7 heteroatoms. The number of hydrogen-bond donors (Lipinski definition) is 0. The highest BCUT2D eigenvalue weighted by atomic mass is 28.3. The van der Waals surface area contributed by atoms with Gasteiger partial charge in [0.2, 0.25) is 0 Å². The first-order valence-electron chi connectivity index (χ1n) is 27.7. The zero-order valence-corrected chi connectivity index (χ0v) is 43.7.